The van der Waals surface area contributed by atoms with Crippen molar-refractivity contribution in [2.24, 2.45) is 11.1 Å². The summed E-state index contributed by atoms with van der Waals surface area (Å²) in [5, 5.41) is 5.88. The molecule has 0 spiro atoms. The highest BCUT2D eigenvalue weighted by Gasteiger charge is 2.26. The maximum atomic E-state index is 11.0. The summed E-state index contributed by atoms with van der Waals surface area (Å²) in [7, 11) is -1.91. The normalized spacial score (nSPS) is 17.4. The molecule has 0 radical (unpaired) electrons. The largest absolute Gasteiger partial charge is 0.364 e. The molecule has 9 nitrogen and oxygen atoms in total. The average molecular weight is 465 g/mol. The Bertz CT molecular complexity index is 1010. The van der Waals surface area contributed by atoms with Crippen molar-refractivity contribution in [3.05, 3.63) is 36.2 Å². The third-order valence-electron chi connectivity index (χ3n) is 5.65. The fourth-order valence-electron chi connectivity index (χ4n) is 4.11. The van der Waals surface area contributed by atoms with Crippen LogP contribution in [0.4, 0.5) is 11.5 Å². The molecule has 3 heterocycles. The quantitative estimate of drug-likeness (QED) is 0.610. The van der Waals surface area contributed by atoms with Gasteiger partial charge in [-0.05, 0) is 56.0 Å². The minimum absolute atomic E-state index is 0.408. The molecule has 1 saturated heterocycles. The van der Waals surface area contributed by atoms with Gasteiger partial charge in [0.15, 0.2) is 5.82 Å². The van der Waals surface area contributed by atoms with Crippen LogP contribution in [0.5, 0.6) is 0 Å². The molecule has 0 unspecified atom stereocenters. The van der Waals surface area contributed by atoms with E-state index in [9.17, 15) is 8.42 Å². The highest BCUT2D eigenvalue weighted by Crippen LogP contribution is 2.46. The molecule has 0 amide bonds. The molecule has 1 aromatic carbocycles. The molecule has 2 aromatic rings. The van der Waals surface area contributed by atoms with Crippen molar-refractivity contribution in [2.45, 2.75) is 35.7 Å². The van der Waals surface area contributed by atoms with E-state index in [1.165, 1.54) is 5.56 Å². The van der Waals surface area contributed by atoms with E-state index in [0.29, 0.717) is 19.2 Å². The summed E-state index contributed by atoms with van der Waals surface area (Å²) in [5.74, 6) is 1.35. The van der Waals surface area contributed by atoms with Crippen molar-refractivity contribution in [3.63, 3.8) is 0 Å². The van der Waals surface area contributed by atoms with Crippen LogP contribution in [0.15, 0.2) is 40.5 Å². The Hall–Kier alpha value is -1.76. The molecule has 2 aliphatic heterocycles. The van der Waals surface area contributed by atoms with Gasteiger partial charge in [-0.3, -0.25) is 9.80 Å². The van der Waals surface area contributed by atoms with Crippen molar-refractivity contribution in [1.82, 2.24) is 19.6 Å². The Balaban J connectivity index is 1.38. The number of hydrogen-bond donors (Lipinski definition) is 2. The zero-order valence-electron chi connectivity index (χ0n) is 17.5. The number of anilines is 2. The van der Waals surface area contributed by atoms with Crippen molar-refractivity contribution < 1.29 is 13.2 Å². The lowest BCUT2D eigenvalue weighted by Crippen LogP contribution is -2.36. The molecule has 0 aliphatic carbocycles. The second-order valence-electron chi connectivity index (χ2n) is 7.88. The zero-order valence-corrected chi connectivity index (χ0v) is 19.2. The van der Waals surface area contributed by atoms with Crippen molar-refractivity contribution in [3.8, 4) is 0 Å². The lowest BCUT2D eigenvalue weighted by molar-refractivity contribution is 0.173. The molecule has 168 valence electrons. The first kappa shape index (κ1) is 22.4. The van der Waals surface area contributed by atoms with E-state index in [0.717, 1.165) is 60.3 Å². The number of methoxy groups -OCH3 is 1. The monoisotopic (exact) mass is 464 g/mol. The lowest BCUT2D eigenvalue weighted by Gasteiger charge is -2.33. The van der Waals surface area contributed by atoms with Crippen molar-refractivity contribution in [2.75, 3.05) is 38.4 Å². The Morgan fingerprint density at radius 3 is 2.77 bits per heavy atom. The van der Waals surface area contributed by atoms with Crippen LogP contribution in [-0.4, -0.2) is 56.8 Å². The summed E-state index contributed by atoms with van der Waals surface area (Å²) in [5.41, 5.74) is 2.35. The van der Waals surface area contributed by atoms with E-state index in [1.54, 1.807) is 31.3 Å². The molecule has 0 atom stereocenters. The van der Waals surface area contributed by atoms with Gasteiger partial charge in [0.1, 0.15) is 11.8 Å². The molecular weight excluding hydrogens is 436 g/mol. The highest BCUT2D eigenvalue weighted by molar-refractivity contribution is 7.99. The Morgan fingerprint density at radius 2 is 2.03 bits per heavy atom. The summed E-state index contributed by atoms with van der Waals surface area (Å²) < 4.78 is 29.8. The van der Waals surface area contributed by atoms with Gasteiger partial charge in [0.25, 0.3) is 10.2 Å². The van der Waals surface area contributed by atoms with E-state index in [-0.39, 0.29) is 0 Å². The Morgan fingerprint density at radius 1 is 1.26 bits per heavy atom. The average Bonchev–Trinajstić information content (AvgIpc) is 2.74. The molecule has 3 N–H and O–H groups in total. The van der Waals surface area contributed by atoms with Gasteiger partial charge in [0, 0.05) is 37.5 Å². The van der Waals surface area contributed by atoms with Crippen molar-refractivity contribution >= 4 is 33.5 Å². The van der Waals surface area contributed by atoms with E-state index in [1.807, 2.05) is 0 Å². The molecule has 1 aromatic heterocycles. The Kier molecular flexibility index (Phi) is 7.09. The number of hydrogen-bond acceptors (Lipinski definition) is 8. The number of fused-ring (bicyclic) bond motifs is 2. The lowest BCUT2D eigenvalue weighted by atomic mass is 9.93. The number of rotatable bonds is 8. The molecule has 0 bridgehead atoms. The predicted octanol–water partition coefficient (Wildman–Crippen LogP) is 2.08. The number of nitrogens with zero attached hydrogens (tertiary/aromatic N) is 4. The third kappa shape index (κ3) is 5.73. The molecular formula is C20H28N6O3S2. The van der Waals surface area contributed by atoms with Gasteiger partial charge in [0.2, 0.25) is 0 Å². The maximum Gasteiger partial charge on any atom is 0.274 e. The van der Waals surface area contributed by atoms with Gasteiger partial charge in [-0.15, -0.1) is 0 Å². The highest BCUT2D eigenvalue weighted by atomic mass is 32.2. The second-order valence-corrected chi connectivity index (χ2v) is 10.3. The standard InChI is InChI=1S/C20H28N6O3S2/c1-29-14-26-17-12-16(2-3-18(17)30-20-19(26)22-8-9-23-20)13-25-10-5-15(6-11-25)4-7-24-31(21,27)28/h2-3,8-9,12,15,24H,4-7,10-11,13-14H2,1H3,(H2,21,27,28). The second kappa shape index (κ2) is 9.80. The van der Waals surface area contributed by atoms with Gasteiger partial charge in [-0.2, -0.15) is 8.42 Å². The first-order chi connectivity index (χ1) is 14.9. The van der Waals surface area contributed by atoms with Crippen LogP contribution in [0.2, 0.25) is 0 Å². The Labute approximate surface area is 187 Å². The molecule has 4 rings (SSSR count). The van der Waals surface area contributed by atoms with Crippen LogP contribution in [0.1, 0.15) is 24.8 Å². The molecule has 0 saturated carbocycles. The number of piperidine rings is 1. The van der Waals surface area contributed by atoms with Crippen LogP contribution in [0.25, 0.3) is 0 Å². The summed E-state index contributed by atoms with van der Waals surface area (Å²) >= 11 is 1.63. The molecule has 31 heavy (non-hydrogen) atoms. The molecule has 1 fully saturated rings. The van der Waals surface area contributed by atoms with Crippen LogP contribution < -0.4 is 14.8 Å². The maximum absolute atomic E-state index is 11.0. The third-order valence-corrected chi connectivity index (χ3v) is 7.30. The first-order valence-electron chi connectivity index (χ1n) is 10.3. The number of nitrogens with two attached hydrogens (primary N) is 1. The summed E-state index contributed by atoms with van der Waals surface area (Å²) in [6.07, 6.45) is 6.37. The number of likely N-dealkylation sites (tertiary alicyclic amines) is 1. The molecule has 2 aliphatic rings. The van der Waals surface area contributed by atoms with Gasteiger partial charge in [-0.25, -0.2) is 19.8 Å². The molecule has 11 heteroatoms. The van der Waals surface area contributed by atoms with Gasteiger partial charge in [0.05, 0.1) is 5.69 Å². The van der Waals surface area contributed by atoms with Gasteiger partial charge in [-0.1, -0.05) is 17.8 Å². The van der Waals surface area contributed by atoms with E-state index >= 15 is 0 Å². The summed E-state index contributed by atoms with van der Waals surface area (Å²) in [6.45, 7) is 3.71. The van der Waals surface area contributed by atoms with E-state index in [4.69, 9.17) is 9.88 Å². The summed E-state index contributed by atoms with van der Waals surface area (Å²) in [6, 6.07) is 6.56. The number of aromatic nitrogens is 2. The van der Waals surface area contributed by atoms with Gasteiger partial charge >= 0.3 is 0 Å². The smallest absolute Gasteiger partial charge is 0.274 e. The van der Waals surface area contributed by atoms with Gasteiger partial charge < -0.3 is 4.74 Å². The van der Waals surface area contributed by atoms with Crippen LogP contribution in [0.3, 0.4) is 0 Å². The first-order valence-corrected chi connectivity index (χ1v) is 12.7. The van der Waals surface area contributed by atoms with Crippen LogP contribution in [-0.2, 0) is 21.5 Å². The topological polar surface area (TPSA) is 114 Å². The number of benzene rings is 1. The fourth-order valence-corrected chi connectivity index (χ4v) is 5.50. The van der Waals surface area contributed by atoms with E-state index < -0.39 is 10.2 Å². The number of ether oxygens (including phenoxy) is 1. The summed E-state index contributed by atoms with van der Waals surface area (Å²) in [4.78, 5) is 14.6. The van der Waals surface area contributed by atoms with E-state index in [2.05, 4.69) is 42.7 Å². The van der Waals surface area contributed by atoms with Crippen LogP contribution >= 0.6 is 11.8 Å². The van der Waals surface area contributed by atoms with Crippen LogP contribution in [0, 0.1) is 5.92 Å². The minimum atomic E-state index is -3.59. The van der Waals surface area contributed by atoms with Crippen molar-refractivity contribution in [1.29, 1.82) is 0 Å². The fraction of sp³-hybridized carbons (Fsp3) is 0.500. The minimum Gasteiger partial charge on any atom is -0.364 e. The number of nitrogens with one attached hydrogen (secondary N) is 1. The SMILES string of the molecule is COCN1c2cc(CN3CCC(CCNS(N)(=O)=O)CC3)ccc2Sc2nccnc21. The zero-order chi connectivity index (χ0) is 21.8. The predicted molar refractivity (Wildman–Crippen MR) is 120 cm³/mol.